The minimum Gasteiger partial charge on any atom is -0.491 e. The number of rotatable bonds is 2. The number of alkyl halides is 3. The highest BCUT2D eigenvalue weighted by atomic mass is 127. The van der Waals surface area contributed by atoms with E-state index in [0.29, 0.717) is 6.07 Å². The van der Waals surface area contributed by atoms with Crippen LogP contribution in [0.1, 0.15) is 12.5 Å². The zero-order chi connectivity index (χ0) is 11.6. The largest absolute Gasteiger partial charge is 0.491 e. The van der Waals surface area contributed by atoms with E-state index in [1.807, 2.05) is 0 Å². The predicted molar refractivity (Wildman–Crippen MR) is 55.3 cm³/mol. The van der Waals surface area contributed by atoms with Crippen LogP contribution in [0, 0.1) is 9.39 Å². The average molecular weight is 334 g/mol. The third kappa shape index (κ3) is 2.96. The summed E-state index contributed by atoms with van der Waals surface area (Å²) in [7, 11) is 0. The highest BCUT2D eigenvalue weighted by Gasteiger charge is 2.32. The summed E-state index contributed by atoms with van der Waals surface area (Å²) >= 11 is 1.50. The topological polar surface area (TPSA) is 9.23 Å². The van der Waals surface area contributed by atoms with Crippen molar-refractivity contribution in [3.05, 3.63) is 27.1 Å². The molecule has 0 aliphatic rings. The smallest absolute Gasteiger partial charge is 0.416 e. The molecule has 0 unspecified atom stereocenters. The third-order valence-corrected chi connectivity index (χ3v) is 2.41. The molecule has 15 heavy (non-hydrogen) atoms. The quantitative estimate of drug-likeness (QED) is 0.590. The van der Waals surface area contributed by atoms with Crippen LogP contribution in [0.4, 0.5) is 17.6 Å². The molecule has 0 aromatic heterocycles. The summed E-state index contributed by atoms with van der Waals surface area (Å²) in [6.45, 7) is 1.70. The molecule has 84 valence electrons. The van der Waals surface area contributed by atoms with Crippen LogP contribution in [-0.2, 0) is 6.18 Å². The van der Waals surface area contributed by atoms with Gasteiger partial charge < -0.3 is 4.74 Å². The van der Waals surface area contributed by atoms with Crippen LogP contribution in [0.25, 0.3) is 0 Å². The van der Waals surface area contributed by atoms with Crippen LogP contribution in [0.2, 0.25) is 0 Å². The molecule has 0 aliphatic carbocycles. The summed E-state index contributed by atoms with van der Waals surface area (Å²) < 4.78 is 54.9. The zero-order valence-corrected chi connectivity index (χ0v) is 9.82. The summed E-state index contributed by atoms with van der Waals surface area (Å²) in [6.07, 6.45) is -4.49. The molecule has 0 radical (unpaired) electrons. The monoisotopic (exact) mass is 334 g/mol. The number of halogens is 5. The Morgan fingerprint density at radius 3 is 2.40 bits per heavy atom. The van der Waals surface area contributed by atoms with Gasteiger partial charge in [-0.05, 0) is 41.6 Å². The van der Waals surface area contributed by atoms with E-state index in [1.54, 1.807) is 6.92 Å². The first kappa shape index (κ1) is 12.5. The summed E-state index contributed by atoms with van der Waals surface area (Å²) in [4.78, 5) is 0. The van der Waals surface area contributed by atoms with E-state index in [1.165, 1.54) is 22.6 Å². The molecule has 0 amide bonds. The van der Waals surface area contributed by atoms with Gasteiger partial charge >= 0.3 is 6.18 Å². The Morgan fingerprint density at radius 1 is 1.33 bits per heavy atom. The fourth-order valence-electron chi connectivity index (χ4n) is 0.988. The molecule has 0 heterocycles. The highest BCUT2D eigenvalue weighted by Crippen LogP contribution is 2.34. The first-order valence-electron chi connectivity index (χ1n) is 4.05. The van der Waals surface area contributed by atoms with E-state index >= 15 is 0 Å². The van der Waals surface area contributed by atoms with Gasteiger partial charge in [-0.2, -0.15) is 13.2 Å². The lowest BCUT2D eigenvalue weighted by molar-refractivity contribution is -0.137. The molecule has 0 saturated carbocycles. The Kier molecular flexibility index (Phi) is 3.80. The maximum absolute atomic E-state index is 13.3. The SMILES string of the molecule is CCOc1cc(C(F)(F)F)cc(I)c1F. The van der Waals surface area contributed by atoms with Crippen molar-refractivity contribution >= 4 is 22.6 Å². The Bertz CT molecular complexity index is 362. The molecule has 0 saturated heterocycles. The van der Waals surface area contributed by atoms with Gasteiger partial charge in [-0.1, -0.05) is 0 Å². The van der Waals surface area contributed by atoms with E-state index in [4.69, 9.17) is 4.74 Å². The van der Waals surface area contributed by atoms with Gasteiger partial charge in [0.05, 0.1) is 15.7 Å². The van der Waals surface area contributed by atoms with Crippen molar-refractivity contribution in [3.63, 3.8) is 0 Å². The summed E-state index contributed by atoms with van der Waals surface area (Å²) in [6, 6.07) is 1.42. The molecule has 1 rings (SSSR count). The number of hydrogen-bond donors (Lipinski definition) is 0. The molecular formula is C9H7F4IO. The Morgan fingerprint density at radius 2 is 1.93 bits per heavy atom. The first-order chi connectivity index (χ1) is 6.86. The van der Waals surface area contributed by atoms with Crippen LogP contribution in [0.3, 0.4) is 0 Å². The van der Waals surface area contributed by atoms with Crippen LogP contribution < -0.4 is 4.74 Å². The van der Waals surface area contributed by atoms with Gasteiger partial charge in [0, 0.05) is 0 Å². The maximum Gasteiger partial charge on any atom is 0.416 e. The van der Waals surface area contributed by atoms with Crippen LogP contribution in [0.15, 0.2) is 12.1 Å². The highest BCUT2D eigenvalue weighted by molar-refractivity contribution is 14.1. The lowest BCUT2D eigenvalue weighted by atomic mass is 10.2. The molecule has 0 N–H and O–H groups in total. The third-order valence-electron chi connectivity index (χ3n) is 1.62. The molecular weight excluding hydrogens is 327 g/mol. The summed E-state index contributed by atoms with van der Waals surface area (Å²) in [5, 5.41) is 0. The molecule has 1 aromatic rings. The van der Waals surface area contributed by atoms with Crippen molar-refractivity contribution in [2.24, 2.45) is 0 Å². The normalized spacial score (nSPS) is 11.6. The average Bonchev–Trinajstić information content (AvgIpc) is 2.11. The van der Waals surface area contributed by atoms with E-state index in [0.717, 1.165) is 6.07 Å². The van der Waals surface area contributed by atoms with Gasteiger partial charge in [0.2, 0.25) is 0 Å². The number of ether oxygens (including phenoxy) is 1. The van der Waals surface area contributed by atoms with Crippen molar-refractivity contribution in [1.82, 2.24) is 0 Å². The second-order valence-corrected chi connectivity index (χ2v) is 3.86. The fourth-order valence-corrected chi connectivity index (χ4v) is 1.59. The van der Waals surface area contributed by atoms with Crippen molar-refractivity contribution in [2.75, 3.05) is 6.61 Å². The van der Waals surface area contributed by atoms with Crippen LogP contribution in [-0.4, -0.2) is 6.61 Å². The number of benzene rings is 1. The minimum atomic E-state index is -4.49. The minimum absolute atomic E-state index is 0.106. The molecule has 6 heteroatoms. The Balaban J connectivity index is 3.23. The molecule has 0 atom stereocenters. The van der Waals surface area contributed by atoms with E-state index < -0.39 is 17.6 Å². The predicted octanol–water partition coefficient (Wildman–Crippen LogP) is 3.85. The number of hydrogen-bond acceptors (Lipinski definition) is 1. The standard InChI is InChI=1S/C9H7F4IO/c1-2-15-7-4-5(9(11,12)13)3-6(14)8(7)10/h3-4H,2H2,1H3. The van der Waals surface area contributed by atoms with Crippen molar-refractivity contribution < 1.29 is 22.3 Å². The second-order valence-electron chi connectivity index (χ2n) is 2.70. The van der Waals surface area contributed by atoms with Crippen molar-refractivity contribution in [1.29, 1.82) is 0 Å². The Hall–Kier alpha value is -0.530. The lowest BCUT2D eigenvalue weighted by Gasteiger charge is -2.11. The van der Waals surface area contributed by atoms with E-state index in [-0.39, 0.29) is 15.9 Å². The van der Waals surface area contributed by atoms with Crippen LogP contribution >= 0.6 is 22.6 Å². The Labute approximate surface area is 97.6 Å². The second kappa shape index (κ2) is 4.54. The van der Waals surface area contributed by atoms with Gasteiger partial charge in [0.1, 0.15) is 0 Å². The molecule has 0 spiro atoms. The van der Waals surface area contributed by atoms with Gasteiger partial charge in [-0.15, -0.1) is 0 Å². The molecule has 1 nitrogen and oxygen atoms in total. The zero-order valence-electron chi connectivity index (χ0n) is 7.66. The van der Waals surface area contributed by atoms with E-state index in [2.05, 4.69) is 0 Å². The van der Waals surface area contributed by atoms with Crippen molar-refractivity contribution in [3.8, 4) is 5.75 Å². The maximum atomic E-state index is 13.3. The molecule has 0 aliphatic heterocycles. The van der Waals surface area contributed by atoms with Crippen molar-refractivity contribution in [2.45, 2.75) is 13.1 Å². The molecule has 1 aromatic carbocycles. The fraction of sp³-hybridized carbons (Fsp3) is 0.333. The van der Waals surface area contributed by atoms with Gasteiger partial charge in [-0.3, -0.25) is 0 Å². The van der Waals surface area contributed by atoms with Gasteiger partial charge in [0.25, 0.3) is 0 Å². The van der Waals surface area contributed by atoms with E-state index in [9.17, 15) is 17.6 Å². The lowest BCUT2D eigenvalue weighted by Crippen LogP contribution is -2.07. The van der Waals surface area contributed by atoms with Gasteiger partial charge in [0.15, 0.2) is 11.6 Å². The van der Waals surface area contributed by atoms with Gasteiger partial charge in [-0.25, -0.2) is 4.39 Å². The first-order valence-corrected chi connectivity index (χ1v) is 5.13. The summed E-state index contributed by atoms with van der Waals surface area (Å²) in [5.74, 6) is -1.12. The molecule has 0 fully saturated rings. The molecule has 0 bridgehead atoms. The van der Waals surface area contributed by atoms with Crippen LogP contribution in [0.5, 0.6) is 5.75 Å². The summed E-state index contributed by atoms with van der Waals surface area (Å²) in [5.41, 5.74) is -0.906.